The lowest BCUT2D eigenvalue weighted by atomic mass is 9.81. The van der Waals surface area contributed by atoms with Crippen molar-refractivity contribution in [2.45, 2.75) is 59.0 Å². The first-order valence-electron chi connectivity index (χ1n) is 7.44. The average Bonchev–Trinajstić information content (AvgIpc) is 2.34. The maximum absolute atomic E-state index is 5.94. The van der Waals surface area contributed by atoms with E-state index in [1.165, 1.54) is 12.0 Å². The second-order valence-electron chi connectivity index (χ2n) is 6.05. The minimum absolute atomic E-state index is 0.131. The molecule has 1 N–H and O–H groups in total. The molecule has 0 atom stereocenters. The highest BCUT2D eigenvalue weighted by Crippen LogP contribution is 2.34. The highest BCUT2D eigenvalue weighted by atomic mass is 16.5. The molecule has 0 fully saturated rings. The van der Waals surface area contributed by atoms with E-state index in [0.717, 1.165) is 25.3 Å². The number of benzene rings is 1. The molecule has 108 valence electrons. The minimum Gasteiger partial charge on any atom is -0.491 e. The third kappa shape index (κ3) is 5.23. The zero-order valence-corrected chi connectivity index (χ0v) is 13.1. The molecule has 2 nitrogen and oxygen atoms in total. The third-order valence-electron chi connectivity index (χ3n) is 3.33. The summed E-state index contributed by atoms with van der Waals surface area (Å²) in [5.41, 5.74) is 1.44. The van der Waals surface area contributed by atoms with E-state index in [9.17, 15) is 0 Å². The molecular weight excluding hydrogens is 234 g/mol. The van der Waals surface area contributed by atoms with Crippen molar-refractivity contribution < 1.29 is 4.74 Å². The molecule has 0 heterocycles. The first-order chi connectivity index (χ1) is 8.97. The fourth-order valence-electron chi connectivity index (χ4n) is 2.22. The summed E-state index contributed by atoms with van der Waals surface area (Å²) in [6, 6.07) is 8.42. The Labute approximate surface area is 118 Å². The Bertz CT molecular complexity index is 371. The van der Waals surface area contributed by atoms with E-state index < -0.39 is 0 Å². The van der Waals surface area contributed by atoms with Gasteiger partial charge >= 0.3 is 0 Å². The summed E-state index contributed by atoms with van der Waals surface area (Å²) in [4.78, 5) is 0. The van der Waals surface area contributed by atoms with Gasteiger partial charge in [-0.2, -0.15) is 0 Å². The van der Waals surface area contributed by atoms with Gasteiger partial charge in [-0.15, -0.1) is 0 Å². The van der Waals surface area contributed by atoms with Crippen molar-refractivity contribution in [3.63, 3.8) is 0 Å². The second-order valence-corrected chi connectivity index (χ2v) is 6.05. The van der Waals surface area contributed by atoms with Gasteiger partial charge in [0, 0.05) is 0 Å². The molecule has 0 aromatic heterocycles. The summed E-state index contributed by atoms with van der Waals surface area (Å²) in [5, 5.41) is 3.48. The fourth-order valence-corrected chi connectivity index (χ4v) is 2.22. The van der Waals surface area contributed by atoms with Crippen molar-refractivity contribution in [3.8, 4) is 5.75 Å². The number of para-hydroxylation sites is 1. The van der Waals surface area contributed by atoms with Crippen molar-refractivity contribution in [2.24, 2.45) is 0 Å². The Hall–Kier alpha value is -1.02. The van der Waals surface area contributed by atoms with Gasteiger partial charge in [0.05, 0.1) is 6.10 Å². The van der Waals surface area contributed by atoms with E-state index in [1.54, 1.807) is 0 Å². The predicted molar refractivity (Wildman–Crippen MR) is 83.0 cm³/mol. The zero-order valence-electron chi connectivity index (χ0n) is 13.1. The van der Waals surface area contributed by atoms with Crippen LogP contribution in [0, 0.1) is 0 Å². The molecule has 1 rings (SSSR count). The lowest BCUT2D eigenvalue weighted by molar-refractivity contribution is 0.235. The van der Waals surface area contributed by atoms with E-state index in [0.29, 0.717) is 0 Å². The van der Waals surface area contributed by atoms with E-state index in [4.69, 9.17) is 4.74 Å². The van der Waals surface area contributed by atoms with Crippen LogP contribution in [0.15, 0.2) is 24.3 Å². The standard InChI is InChI=1S/C17H29NO/c1-6-12-18-13-11-17(4,5)15-9-7-8-10-16(15)19-14(2)3/h7-10,14,18H,6,11-13H2,1-5H3. The summed E-state index contributed by atoms with van der Waals surface area (Å²) in [6.07, 6.45) is 2.52. The van der Waals surface area contributed by atoms with Gasteiger partial charge in [0.2, 0.25) is 0 Å². The number of ether oxygens (including phenoxy) is 1. The number of rotatable bonds is 8. The molecule has 0 saturated carbocycles. The van der Waals surface area contributed by atoms with Gasteiger partial charge in [-0.1, -0.05) is 39.0 Å². The minimum atomic E-state index is 0.131. The Morgan fingerprint density at radius 3 is 2.47 bits per heavy atom. The molecule has 19 heavy (non-hydrogen) atoms. The summed E-state index contributed by atoms with van der Waals surface area (Å²) >= 11 is 0. The van der Waals surface area contributed by atoms with Crippen LogP contribution in [0.4, 0.5) is 0 Å². The molecule has 0 spiro atoms. The van der Waals surface area contributed by atoms with Gasteiger partial charge in [0.1, 0.15) is 5.75 Å². The normalized spacial score (nSPS) is 11.9. The smallest absolute Gasteiger partial charge is 0.123 e. The van der Waals surface area contributed by atoms with Crippen LogP contribution in [0.5, 0.6) is 5.75 Å². The van der Waals surface area contributed by atoms with E-state index in [-0.39, 0.29) is 11.5 Å². The van der Waals surface area contributed by atoms with Crippen molar-refractivity contribution in [3.05, 3.63) is 29.8 Å². The summed E-state index contributed by atoms with van der Waals surface area (Å²) in [7, 11) is 0. The monoisotopic (exact) mass is 263 g/mol. The van der Waals surface area contributed by atoms with Crippen molar-refractivity contribution in [2.75, 3.05) is 13.1 Å². The molecule has 0 aliphatic heterocycles. The summed E-state index contributed by atoms with van der Waals surface area (Å²) in [6.45, 7) is 13.1. The molecule has 0 radical (unpaired) electrons. The Balaban J connectivity index is 2.75. The van der Waals surface area contributed by atoms with Crippen LogP contribution in [-0.4, -0.2) is 19.2 Å². The van der Waals surface area contributed by atoms with Crippen LogP contribution >= 0.6 is 0 Å². The molecule has 2 heteroatoms. The first-order valence-corrected chi connectivity index (χ1v) is 7.44. The van der Waals surface area contributed by atoms with E-state index in [2.05, 4.69) is 58.1 Å². The Morgan fingerprint density at radius 2 is 1.84 bits per heavy atom. The van der Waals surface area contributed by atoms with Crippen LogP contribution in [0.3, 0.4) is 0 Å². The lowest BCUT2D eigenvalue weighted by Crippen LogP contribution is -2.26. The number of nitrogens with one attached hydrogen (secondary N) is 1. The SMILES string of the molecule is CCCNCCC(C)(C)c1ccccc1OC(C)C. The molecular formula is C17H29NO. The number of hydrogen-bond donors (Lipinski definition) is 1. The second kappa shape index (κ2) is 7.54. The van der Waals surface area contributed by atoms with Gasteiger partial charge in [0.25, 0.3) is 0 Å². The third-order valence-corrected chi connectivity index (χ3v) is 3.33. The molecule has 0 bridgehead atoms. The highest BCUT2D eigenvalue weighted by molar-refractivity contribution is 5.39. The first kappa shape index (κ1) is 16.0. The summed E-state index contributed by atoms with van der Waals surface area (Å²) < 4.78 is 5.94. The van der Waals surface area contributed by atoms with Crippen molar-refractivity contribution >= 4 is 0 Å². The molecule has 1 aromatic rings. The average molecular weight is 263 g/mol. The molecule has 0 aliphatic carbocycles. The Kier molecular flexibility index (Phi) is 6.36. The molecule has 0 unspecified atom stereocenters. The van der Waals surface area contributed by atoms with Gasteiger partial charge in [-0.05, 0) is 56.8 Å². The molecule has 0 aliphatic rings. The van der Waals surface area contributed by atoms with Crippen LogP contribution < -0.4 is 10.1 Å². The Morgan fingerprint density at radius 1 is 1.16 bits per heavy atom. The lowest BCUT2D eigenvalue weighted by Gasteiger charge is -2.28. The van der Waals surface area contributed by atoms with Gasteiger partial charge in [-0.3, -0.25) is 0 Å². The molecule has 0 saturated heterocycles. The van der Waals surface area contributed by atoms with Gasteiger partial charge in [0.15, 0.2) is 0 Å². The van der Waals surface area contributed by atoms with E-state index in [1.807, 2.05) is 6.07 Å². The van der Waals surface area contributed by atoms with E-state index >= 15 is 0 Å². The van der Waals surface area contributed by atoms with Gasteiger partial charge < -0.3 is 10.1 Å². The van der Waals surface area contributed by atoms with Crippen LogP contribution in [0.2, 0.25) is 0 Å². The summed E-state index contributed by atoms with van der Waals surface area (Å²) in [5.74, 6) is 1.03. The largest absolute Gasteiger partial charge is 0.491 e. The van der Waals surface area contributed by atoms with Crippen LogP contribution in [0.1, 0.15) is 53.0 Å². The van der Waals surface area contributed by atoms with Crippen LogP contribution in [0.25, 0.3) is 0 Å². The van der Waals surface area contributed by atoms with Crippen molar-refractivity contribution in [1.29, 1.82) is 0 Å². The van der Waals surface area contributed by atoms with Gasteiger partial charge in [-0.25, -0.2) is 0 Å². The van der Waals surface area contributed by atoms with Crippen LogP contribution in [-0.2, 0) is 5.41 Å². The zero-order chi connectivity index (χ0) is 14.3. The predicted octanol–water partition coefficient (Wildman–Crippen LogP) is 4.14. The molecule has 0 amide bonds. The maximum atomic E-state index is 5.94. The highest BCUT2D eigenvalue weighted by Gasteiger charge is 2.24. The maximum Gasteiger partial charge on any atom is 0.123 e. The topological polar surface area (TPSA) is 21.3 Å². The molecule has 1 aromatic carbocycles. The quantitative estimate of drug-likeness (QED) is 0.712. The number of hydrogen-bond acceptors (Lipinski definition) is 2. The fraction of sp³-hybridized carbons (Fsp3) is 0.647. The van der Waals surface area contributed by atoms with Crippen molar-refractivity contribution in [1.82, 2.24) is 5.32 Å².